The normalized spacial score (nSPS) is 16.7. The van der Waals surface area contributed by atoms with Gasteiger partial charge in [0.15, 0.2) is 0 Å². The maximum absolute atomic E-state index is 11.3. The van der Waals surface area contributed by atoms with Crippen molar-refractivity contribution < 1.29 is 34.2 Å². The zero-order chi connectivity index (χ0) is 23.2. The fourth-order valence-corrected chi connectivity index (χ4v) is 3.27. The molecule has 0 aromatic carbocycles. The van der Waals surface area contributed by atoms with Crippen LogP contribution in [0.15, 0.2) is 12.3 Å². The van der Waals surface area contributed by atoms with Crippen LogP contribution >= 0.6 is 0 Å². The Hall–Kier alpha value is -1.89. The molecule has 0 aromatic heterocycles. The average Bonchev–Trinajstić information content (AvgIpc) is 2.69. The second-order valence-electron chi connectivity index (χ2n) is 8.71. The molecule has 7 heteroatoms. The van der Waals surface area contributed by atoms with Crippen molar-refractivity contribution in [3.63, 3.8) is 0 Å². The molecule has 3 unspecified atom stereocenters. The second-order valence-corrected chi connectivity index (χ2v) is 8.71. The van der Waals surface area contributed by atoms with E-state index in [2.05, 4.69) is 19.2 Å². The maximum Gasteiger partial charge on any atom is 0.306 e. The van der Waals surface area contributed by atoms with Crippen molar-refractivity contribution in [1.29, 1.82) is 0 Å². The molecule has 3 atom stereocenters. The minimum absolute atomic E-state index is 0.431. The van der Waals surface area contributed by atoms with Crippen molar-refractivity contribution in [3.8, 4) is 0 Å². The van der Waals surface area contributed by atoms with Gasteiger partial charge in [-0.05, 0) is 18.9 Å². The van der Waals surface area contributed by atoms with Crippen molar-refractivity contribution in [2.45, 2.75) is 79.1 Å². The molecule has 0 radical (unpaired) electrons. The van der Waals surface area contributed by atoms with Crippen molar-refractivity contribution in [2.75, 3.05) is 19.6 Å². The van der Waals surface area contributed by atoms with E-state index in [-0.39, 0.29) is 0 Å². The van der Waals surface area contributed by atoms with Gasteiger partial charge in [0.25, 0.3) is 0 Å². The first-order valence-corrected chi connectivity index (χ1v) is 11.3. The van der Waals surface area contributed by atoms with E-state index < -0.39 is 35.7 Å². The topological polar surface area (TPSA) is 112 Å². The Morgan fingerprint density at radius 2 is 1.13 bits per heavy atom. The number of unbranched alkanes of at least 4 members (excludes halogenated alkanes) is 4. The lowest BCUT2D eigenvalue weighted by atomic mass is 10.0. The number of hydrogen-bond donors (Lipinski definition) is 3. The molecule has 0 saturated heterocycles. The molecule has 7 nitrogen and oxygen atoms in total. The molecular formula is C23H42NO6+. The third-order valence-electron chi connectivity index (χ3n) is 5.93. The van der Waals surface area contributed by atoms with E-state index in [4.69, 9.17) is 0 Å². The minimum atomic E-state index is -0.852. The highest BCUT2D eigenvalue weighted by atomic mass is 16.4. The number of allylic oxidation sites excluding steroid dienone is 1. The molecule has 30 heavy (non-hydrogen) atoms. The number of carboxylic acid groups (broad SMARTS) is 3. The Labute approximate surface area is 181 Å². The third-order valence-corrected chi connectivity index (χ3v) is 5.93. The highest BCUT2D eigenvalue weighted by Gasteiger charge is 2.30. The molecule has 0 amide bonds. The first-order valence-electron chi connectivity index (χ1n) is 11.3. The summed E-state index contributed by atoms with van der Waals surface area (Å²) in [6, 6.07) is 0. The molecule has 0 aliphatic carbocycles. The highest BCUT2D eigenvalue weighted by Crippen LogP contribution is 2.21. The standard InChI is InChI=1S/C23H41NO6/c1-5-6-7-8-9-10-14-24(15-11-18(2)21(25)26,16-12-19(3)22(27)28)17-13-20(4)23(29)30/h10,14,18-20H,5-9,11-13,15-17H2,1-4H3,(H2-,25,26,27,28,29,30)/p+1/b14-10+. The lowest BCUT2D eigenvalue weighted by Gasteiger charge is -2.37. The molecule has 0 fully saturated rings. The molecule has 0 rings (SSSR count). The SMILES string of the molecule is CCCCCC/C=C/[N+](CCC(C)C(=O)O)(CCC(C)C(=O)O)CCC(C)C(=O)O. The molecule has 0 heterocycles. The van der Waals surface area contributed by atoms with Gasteiger partial charge >= 0.3 is 17.9 Å². The van der Waals surface area contributed by atoms with Gasteiger partial charge in [0.1, 0.15) is 0 Å². The van der Waals surface area contributed by atoms with Crippen LogP contribution in [-0.2, 0) is 14.4 Å². The van der Waals surface area contributed by atoms with E-state index in [0.29, 0.717) is 43.4 Å². The summed E-state index contributed by atoms with van der Waals surface area (Å²) in [6.45, 7) is 8.84. The Kier molecular flexibility index (Phi) is 14.0. The van der Waals surface area contributed by atoms with Crippen LogP contribution < -0.4 is 0 Å². The van der Waals surface area contributed by atoms with Crippen LogP contribution in [0.1, 0.15) is 79.1 Å². The zero-order valence-corrected chi connectivity index (χ0v) is 19.2. The molecular weight excluding hydrogens is 386 g/mol. The molecule has 0 aliphatic rings. The maximum atomic E-state index is 11.3. The third kappa shape index (κ3) is 12.0. The highest BCUT2D eigenvalue weighted by molar-refractivity contribution is 5.70. The summed E-state index contributed by atoms with van der Waals surface area (Å²) < 4.78 is 0.431. The first kappa shape index (κ1) is 28.1. The van der Waals surface area contributed by atoms with Crippen LogP contribution in [0.2, 0.25) is 0 Å². The van der Waals surface area contributed by atoms with Gasteiger partial charge < -0.3 is 15.3 Å². The number of rotatable bonds is 18. The van der Waals surface area contributed by atoms with Gasteiger partial charge in [-0.15, -0.1) is 0 Å². The van der Waals surface area contributed by atoms with E-state index >= 15 is 0 Å². The quantitative estimate of drug-likeness (QED) is 0.217. The molecule has 0 saturated carbocycles. The number of nitrogens with zero attached hydrogens (tertiary/aromatic N) is 1. The lowest BCUT2D eigenvalue weighted by molar-refractivity contribution is -0.881. The van der Waals surface area contributed by atoms with E-state index in [1.165, 1.54) is 6.42 Å². The van der Waals surface area contributed by atoms with Gasteiger partial charge in [-0.2, -0.15) is 0 Å². The van der Waals surface area contributed by atoms with Gasteiger partial charge in [-0.25, -0.2) is 0 Å². The van der Waals surface area contributed by atoms with Gasteiger partial charge in [0.05, 0.1) is 43.6 Å². The van der Waals surface area contributed by atoms with E-state index in [0.717, 1.165) is 25.7 Å². The largest absolute Gasteiger partial charge is 0.481 e. The molecule has 0 spiro atoms. The number of aliphatic carboxylic acids is 3. The zero-order valence-electron chi connectivity index (χ0n) is 19.2. The van der Waals surface area contributed by atoms with Crippen LogP contribution in [0.25, 0.3) is 0 Å². The Morgan fingerprint density at radius 3 is 1.47 bits per heavy atom. The summed E-state index contributed by atoms with van der Waals surface area (Å²) in [5, 5.41) is 27.8. The van der Waals surface area contributed by atoms with E-state index in [1.807, 2.05) is 0 Å². The first-order chi connectivity index (χ1) is 14.0. The Balaban J connectivity index is 5.47. The molecule has 3 N–H and O–H groups in total. The van der Waals surface area contributed by atoms with Crippen molar-refractivity contribution in [2.24, 2.45) is 17.8 Å². The van der Waals surface area contributed by atoms with Crippen LogP contribution in [0.4, 0.5) is 0 Å². The van der Waals surface area contributed by atoms with Crippen LogP contribution in [0.3, 0.4) is 0 Å². The Morgan fingerprint density at radius 1 is 0.733 bits per heavy atom. The van der Waals surface area contributed by atoms with Crippen LogP contribution in [-0.4, -0.2) is 57.3 Å². The van der Waals surface area contributed by atoms with Crippen LogP contribution in [0, 0.1) is 17.8 Å². The molecule has 0 aromatic rings. The second kappa shape index (κ2) is 15.0. The number of carboxylic acids is 3. The van der Waals surface area contributed by atoms with Gasteiger partial charge in [-0.3, -0.25) is 18.9 Å². The van der Waals surface area contributed by atoms with E-state index in [9.17, 15) is 29.7 Å². The molecule has 0 aliphatic heterocycles. The fraction of sp³-hybridized carbons (Fsp3) is 0.783. The lowest BCUT2D eigenvalue weighted by Crippen LogP contribution is -2.47. The monoisotopic (exact) mass is 428 g/mol. The predicted molar refractivity (Wildman–Crippen MR) is 117 cm³/mol. The predicted octanol–water partition coefficient (Wildman–Crippen LogP) is 4.62. The van der Waals surface area contributed by atoms with E-state index in [1.54, 1.807) is 20.8 Å². The summed E-state index contributed by atoms with van der Waals surface area (Å²) in [5.74, 6) is -4.07. The number of quaternary nitrogens is 1. The van der Waals surface area contributed by atoms with Gasteiger partial charge in [-0.1, -0.05) is 47.0 Å². The smallest absolute Gasteiger partial charge is 0.306 e. The number of carbonyl (C=O) groups is 3. The van der Waals surface area contributed by atoms with Crippen LogP contribution in [0.5, 0.6) is 0 Å². The van der Waals surface area contributed by atoms with Crippen molar-refractivity contribution >= 4 is 17.9 Å². The summed E-state index contributed by atoms with van der Waals surface area (Å²) in [7, 11) is 0. The molecule has 0 bridgehead atoms. The summed E-state index contributed by atoms with van der Waals surface area (Å²) in [5.41, 5.74) is 0. The molecule has 174 valence electrons. The minimum Gasteiger partial charge on any atom is -0.481 e. The number of hydrogen-bond acceptors (Lipinski definition) is 3. The van der Waals surface area contributed by atoms with Crippen molar-refractivity contribution in [1.82, 2.24) is 0 Å². The summed E-state index contributed by atoms with van der Waals surface area (Å²) in [6.07, 6.45) is 11.1. The summed E-state index contributed by atoms with van der Waals surface area (Å²) >= 11 is 0. The summed E-state index contributed by atoms with van der Waals surface area (Å²) in [4.78, 5) is 33.9. The van der Waals surface area contributed by atoms with Gasteiger partial charge in [0, 0.05) is 19.3 Å². The van der Waals surface area contributed by atoms with Crippen molar-refractivity contribution in [3.05, 3.63) is 12.3 Å². The van der Waals surface area contributed by atoms with Gasteiger partial charge in [0.2, 0.25) is 0 Å². The Bertz CT molecular complexity index is 500. The fourth-order valence-electron chi connectivity index (χ4n) is 3.27. The average molecular weight is 429 g/mol.